The molecule has 0 aliphatic heterocycles. The van der Waals surface area contributed by atoms with Crippen LogP contribution < -0.4 is 11.0 Å². The van der Waals surface area contributed by atoms with E-state index in [1.54, 1.807) is 18.6 Å². The zero-order valence-corrected chi connectivity index (χ0v) is 11.6. The molecule has 0 saturated heterocycles. The molecule has 0 atom stereocenters. The summed E-state index contributed by atoms with van der Waals surface area (Å²) in [6, 6.07) is 14.6. The molecule has 3 aromatic rings. The van der Waals surface area contributed by atoms with Crippen LogP contribution >= 0.6 is 0 Å². The van der Waals surface area contributed by atoms with Gasteiger partial charge in [-0.3, -0.25) is 14.8 Å². The maximum atomic E-state index is 11.7. The zero-order chi connectivity index (χ0) is 15.2. The average molecular weight is 291 g/mol. The standard InChI is InChI=1S/C16H13N5O/c22-15-10-14(13-4-2-1-3-5-13)19-16(20-15)21-18-11-12-6-8-17-9-7-12/h1-11H,(H2,19,20,21,22)/b18-11-. The van der Waals surface area contributed by atoms with Crippen LogP contribution in [0.4, 0.5) is 5.95 Å². The molecule has 0 spiro atoms. The van der Waals surface area contributed by atoms with Gasteiger partial charge in [0.25, 0.3) is 5.56 Å². The van der Waals surface area contributed by atoms with E-state index in [2.05, 4.69) is 25.5 Å². The van der Waals surface area contributed by atoms with Crippen LogP contribution in [0.25, 0.3) is 11.3 Å². The number of aromatic amines is 1. The number of hydrazone groups is 1. The average Bonchev–Trinajstić information content (AvgIpc) is 2.56. The Morgan fingerprint density at radius 3 is 2.64 bits per heavy atom. The fraction of sp³-hybridized carbons (Fsp3) is 0. The number of H-pyrrole nitrogens is 1. The normalized spacial score (nSPS) is 10.7. The van der Waals surface area contributed by atoms with Gasteiger partial charge in [-0.2, -0.15) is 5.10 Å². The first-order valence-corrected chi connectivity index (χ1v) is 6.67. The van der Waals surface area contributed by atoms with Crippen molar-refractivity contribution in [3.8, 4) is 11.3 Å². The summed E-state index contributed by atoms with van der Waals surface area (Å²) in [5, 5.41) is 4.05. The third-order valence-corrected chi connectivity index (χ3v) is 2.90. The van der Waals surface area contributed by atoms with E-state index in [0.717, 1.165) is 11.1 Å². The largest absolute Gasteiger partial charge is 0.291 e. The molecule has 0 fully saturated rings. The van der Waals surface area contributed by atoms with Crippen LogP contribution in [-0.4, -0.2) is 21.2 Å². The second-order valence-corrected chi connectivity index (χ2v) is 4.50. The van der Waals surface area contributed by atoms with Crippen LogP contribution in [-0.2, 0) is 0 Å². The number of rotatable bonds is 4. The van der Waals surface area contributed by atoms with Gasteiger partial charge < -0.3 is 0 Å². The first kappa shape index (κ1) is 13.7. The van der Waals surface area contributed by atoms with E-state index in [1.165, 1.54) is 6.07 Å². The highest BCUT2D eigenvalue weighted by Crippen LogP contribution is 2.15. The van der Waals surface area contributed by atoms with Crippen LogP contribution in [0.15, 0.2) is 70.8 Å². The van der Waals surface area contributed by atoms with Gasteiger partial charge in [0.05, 0.1) is 11.9 Å². The Kier molecular flexibility index (Phi) is 4.01. The van der Waals surface area contributed by atoms with Gasteiger partial charge in [-0.25, -0.2) is 10.4 Å². The third-order valence-electron chi connectivity index (χ3n) is 2.90. The van der Waals surface area contributed by atoms with E-state index >= 15 is 0 Å². The van der Waals surface area contributed by atoms with Gasteiger partial charge in [0.15, 0.2) is 0 Å². The predicted molar refractivity (Wildman–Crippen MR) is 85.7 cm³/mol. The maximum Gasteiger partial charge on any atom is 0.252 e. The summed E-state index contributed by atoms with van der Waals surface area (Å²) in [5.74, 6) is 0.289. The Balaban J connectivity index is 1.81. The summed E-state index contributed by atoms with van der Waals surface area (Å²) in [6.07, 6.45) is 4.98. The van der Waals surface area contributed by atoms with E-state index < -0.39 is 0 Å². The van der Waals surface area contributed by atoms with Crippen LogP contribution in [0, 0.1) is 0 Å². The molecule has 0 saturated carbocycles. The monoisotopic (exact) mass is 291 g/mol. The maximum absolute atomic E-state index is 11.7. The smallest absolute Gasteiger partial charge is 0.252 e. The molecular weight excluding hydrogens is 278 g/mol. The Morgan fingerprint density at radius 1 is 1.09 bits per heavy atom. The van der Waals surface area contributed by atoms with Crippen molar-refractivity contribution in [3.63, 3.8) is 0 Å². The summed E-state index contributed by atoms with van der Waals surface area (Å²) in [4.78, 5) is 22.6. The molecule has 0 aliphatic carbocycles. The fourth-order valence-corrected chi connectivity index (χ4v) is 1.88. The predicted octanol–water partition coefficient (Wildman–Crippen LogP) is 2.28. The zero-order valence-electron chi connectivity index (χ0n) is 11.6. The number of hydrogen-bond donors (Lipinski definition) is 2. The number of pyridine rings is 1. The van der Waals surface area contributed by atoms with Gasteiger partial charge in [-0.15, -0.1) is 0 Å². The second kappa shape index (κ2) is 6.45. The van der Waals surface area contributed by atoms with Crippen molar-refractivity contribution in [2.24, 2.45) is 5.10 Å². The summed E-state index contributed by atoms with van der Waals surface area (Å²) in [5.41, 5.74) is 4.84. The van der Waals surface area contributed by atoms with Crippen LogP contribution in [0.3, 0.4) is 0 Å². The molecule has 0 radical (unpaired) electrons. The number of aromatic nitrogens is 3. The Labute approximate surface area is 126 Å². The van der Waals surface area contributed by atoms with E-state index in [-0.39, 0.29) is 11.5 Å². The number of nitrogens with one attached hydrogen (secondary N) is 2. The Morgan fingerprint density at radius 2 is 1.86 bits per heavy atom. The van der Waals surface area contributed by atoms with Crippen molar-refractivity contribution in [1.82, 2.24) is 15.0 Å². The van der Waals surface area contributed by atoms with Gasteiger partial charge >= 0.3 is 0 Å². The van der Waals surface area contributed by atoms with Crippen molar-refractivity contribution in [2.45, 2.75) is 0 Å². The summed E-state index contributed by atoms with van der Waals surface area (Å²) in [7, 11) is 0. The Hall–Kier alpha value is -3.28. The first-order chi connectivity index (χ1) is 10.8. The number of benzene rings is 1. The topological polar surface area (TPSA) is 83.0 Å². The van der Waals surface area contributed by atoms with E-state index in [4.69, 9.17) is 0 Å². The molecule has 108 valence electrons. The Bertz CT molecular complexity index is 828. The van der Waals surface area contributed by atoms with Crippen LogP contribution in [0.2, 0.25) is 0 Å². The lowest BCUT2D eigenvalue weighted by Crippen LogP contribution is -2.10. The van der Waals surface area contributed by atoms with Crippen molar-refractivity contribution in [3.05, 3.63) is 76.8 Å². The van der Waals surface area contributed by atoms with Crippen molar-refractivity contribution in [1.29, 1.82) is 0 Å². The molecule has 0 unspecified atom stereocenters. The molecule has 3 rings (SSSR count). The molecule has 2 N–H and O–H groups in total. The molecule has 2 aromatic heterocycles. The molecule has 0 aliphatic rings. The minimum atomic E-state index is -0.240. The lowest BCUT2D eigenvalue weighted by molar-refractivity contribution is 1.09. The molecule has 0 bridgehead atoms. The van der Waals surface area contributed by atoms with Gasteiger partial charge in [0.1, 0.15) is 0 Å². The van der Waals surface area contributed by atoms with Gasteiger partial charge in [-0.05, 0) is 17.7 Å². The number of anilines is 1. The highest BCUT2D eigenvalue weighted by Gasteiger charge is 2.02. The molecular formula is C16H13N5O. The fourth-order valence-electron chi connectivity index (χ4n) is 1.88. The molecule has 6 heteroatoms. The van der Waals surface area contributed by atoms with E-state index in [9.17, 15) is 4.79 Å². The molecule has 22 heavy (non-hydrogen) atoms. The molecule has 6 nitrogen and oxygen atoms in total. The van der Waals surface area contributed by atoms with Crippen LogP contribution in [0.5, 0.6) is 0 Å². The number of hydrogen-bond acceptors (Lipinski definition) is 5. The lowest BCUT2D eigenvalue weighted by atomic mass is 10.1. The van der Waals surface area contributed by atoms with Gasteiger partial charge in [0, 0.05) is 24.0 Å². The number of nitrogens with zero attached hydrogens (tertiary/aromatic N) is 3. The van der Waals surface area contributed by atoms with Gasteiger partial charge in [0.2, 0.25) is 5.95 Å². The third kappa shape index (κ3) is 3.43. The van der Waals surface area contributed by atoms with Crippen molar-refractivity contribution >= 4 is 12.2 Å². The molecule has 0 amide bonds. The van der Waals surface area contributed by atoms with Crippen LogP contribution in [0.1, 0.15) is 5.56 Å². The van der Waals surface area contributed by atoms with Crippen molar-refractivity contribution in [2.75, 3.05) is 5.43 Å². The summed E-state index contributed by atoms with van der Waals surface area (Å²) < 4.78 is 0. The minimum absolute atomic E-state index is 0.240. The first-order valence-electron chi connectivity index (χ1n) is 6.67. The van der Waals surface area contributed by atoms with Gasteiger partial charge in [-0.1, -0.05) is 30.3 Å². The molecule has 2 heterocycles. The highest BCUT2D eigenvalue weighted by molar-refractivity contribution is 5.79. The summed E-state index contributed by atoms with van der Waals surface area (Å²) in [6.45, 7) is 0. The van der Waals surface area contributed by atoms with E-state index in [0.29, 0.717) is 5.69 Å². The molecule has 1 aromatic carbocycles. The minimum Gasteiger partial charge on any atom is -0.291 e. The SMILES string of the molecule is O=c1cc(-c2ccccc2)nc(N/N=C\c2ccncc2)[nH]1. The van der Waals surface area contributed by atoms with E-state index in [1.807, 2.05) is 42.5 Å². The summed E-state index contributed by atoms with van der Waals surface area (Å²) >= 11 is 0. The quantitative estimate of drug-likeness (QED) is 0.570. The second-order valence-electron chi connectivity index (χ2n) is 4.50. The highest BCUT2D eigenvalue weighted by atomic mass is 16.1. The van der Waals surface area contributed by atoms with Crippen molar-refractivity contribution < 1.29 is 0 Å². The lowest BCUT2D eigenvalue weighted by Gasteiger charge is -2.03.